The first kappa shape index (κ1) is 13.6. The van der Waals surface area contributed by atoms with Gasteiger partial charge in [0.2, 0.25) is 0 Å². The average molecular weight is 275 g/mol. The third-order valence-electron chi connectivity index (χ3n) is 2.90. The van der Waals surface area contributed by atoms with Crippen molar-refractivity contribution in [3.63, 3.8) is 0 Å². The summed E-state index contributed by atoms with van der Waals surface area (Å²) in [5.74, 6) is 0.582. The number of carbonyl (C=O) groups excluding carboxylic acids is 1. The lowest BCUT2D eigenvalue weighted by molar-refractivity contribution is 0.0913. The van der Waals surface area contributed by atoms with Crippen LogP contribution in [0.25, 0.3) is 0 Å². The summed E-state index contributed by atoms with van der Waals surface area (Å²) in [5, 5.41) is 5.05. The van der Waals surface area contributed by atoms with Crippen molar-refractivity contribution in [2.45, 2.75) is 19.4 Å². The molecule has 2 rings (SSSR count). The molecule has 3 nitrogen and oxygen atoms in total. The van der Waals surface area contributed by atoms with Gasteiger partial charge in [-0.2, -0.15) is 0 Å². The summed E-state index contributed by atoms with van der Waals surface area (Å²) in [6.07, 6.45) is 0. The molecule has 1 N–H and O–H groups in total. The van der Waals surface area contributed by atoms with Crippen molar-refractivity contribution in [1.29, 1.82) is 0 Å². The number of amides is 1. The summed E-state index contributed by atoms with van der Waals surface area (Å²) >= 11 is 1.64. The molecule has 0 radical (unpaired) electrons. The third-order valence-corrected chi connectivity index (χ3v) is 4.09. The lowest BCUT2D eigenvalue weighted by atomic mass is 10.0. The van der Waals surface area contributed by atoms with Gasteiger partial charge in [-0.3, -0.25) is 4.79 Å². The van der Waals surface area contributed by atoms with Gasteiger partial charge in [-0.1, -0.05) is 12.1 Å². The summed E-state index contributed by atoms with van der Waals surface area (Å²) in [6.45, 7) is 3.99. The second-order valence-corrected chi connectivity index (χ2v) is 5.74. The molecule has 0 saturated heterocycles. The standard InChI is InChI=1S/C15H17NO2S/c1-15(2,13-8-5-9-19-13)16-14(17)11-6-4-7-12(10-11)18-3/h4-10H,1-3H3,(H,16,17). The molecule has 0 aliphatic carbocycles. The Bertz CT molecular complexity index is 561. The molecule has 19 heavy (non-hydrogen) atoms. The largest absolute Gasteiger partial charge is 0.497 e. The van der Waals surface area contributed by atoms with Gasteiger partial charge in [0, 0.05) is 10.4 Å². The highest BCUT2D eigenvalue weighted by Crippen LogP contribution is 2.25. The van der Waals surface area contributed by atoms with Gasteiger partial charge in [-0.15, -0.1) is 11.3 Å². The van der Waals surface area contributed by atoms with Crippen molar-refractivity contribution in [3.8, 4) is 5.75 Å². The molecule has 0 aliphatic rings. The number of methoxy groups -OCH3 is 1. The van der Waals surface area contributed by atoms with E-state index in [1.165, 1.54) is 0 Å². The Kier molecular flexibility index (Phi) is 3.90. The summed E-state index contributed by atoms with van der Waals surface area (Å²) < 4.78 is 5.13. The van der Waals surface area contributed by atoms with Crippen molar-refractivity contribution in [2.24, 2.45) is 0 Å². The molecule has 1 heterocycles. The van der Waals surface area contributed by atoms with Crippen LogP contribution in [-0.2, 0) is 5.54 Å². The van der Waals surface area contributed by atoms with Crippen molar-refractivity contribution < 1.29 is 9.53 Å². The highest BCUT2D eigenvalue weighted by Gasteiger charge is 2.24. The van der Waals surface area contributed by atoms with Gasteiger partial charge in [0.1, 0.15) is 5.75 Å². The molecule has 0 atom stereocenters. The highest BCUT2D eigenvalue weighted by molar-refractivity contribution is 7.10. The molecule has 0 fully saturated rings. The van der Waals surface area contributed by atoms with Crippen LogP contribution in [0.4, 0.5) is 0 Å². The molecule has 0 bridgehead atoms. The number of benzene rings is 1. The molecule has 0 spiro atoms. The van der Waals surface area contributed by atoms with Gasteiger partial charge in [0.15, 0.2) is 0 Å². The fourth-order valence-electron chi connectivity index (χ4n) is 1.82. The van der Waals surface area contributed by atoms with Crippen LogP contribution in [0.3, 0.4) is 0 Å². The number of rotatable bonds is 4. The van der Waals surface area contributed by atoms with Crippen LogP contribution in [0.2, 0.25) is 0 Å². The molecule has 0 aliphatic heterocycles. The van der Waals surface area contributed by atoms with E-state index in [1.54, 1.807) is 30.6 Å². The minimum absolute atomic E-state index is 0.0997. The maximum absolute atomic E-state index is 12.3. The molecular formula is C15H17NO2S. The van der Waals surface area contributed by atoms with Crippen LogP contribution in [0, 0.1) is 0 Å². The van der Waals surface area contributed by atoms with Crippen molar-refractivity contribution in [2.75, 3.05) is 7.11 Å². The zero-order valence-electron chi connectivity index (χ0n) is 11.3. The normalized spacial score (nSPS) is 11.1. The minimum Gasteiger partial charge on any atom is -0.497 e. The molecule has 0 unspecified atom stereocenters. The Labute approximate surface area is 117 Å². The molecule has 2 aromatic rings. The average Bonchev–Trinajstić information content (AvgIpc) is 2.93. The Morgan fingerprint density at radius 3 is 2.68 bits per heavy atom. The number of thiophene rings is 1. The van der Waals surface area contributed by atoms with E-state index in [-0.39, 0.29) is 11.4 Å². The number of carbonyl (C=O) groups is 1. The predicted octanol–water partition coefficient (Wildman–Crippen LogP) is 3.42. The Morgan fingerprint density at radius 1 is 1.26 bits per heavy atom. The van der Waals surface area contributed by atoms with Gasteiger partial charge in [-0.25, -0.2) is 0 Å². The molecule has 1 aromatic heterocycles. The number of ether oxygens (including phenoxy) is 1. The Balaban J connectivity index is 2.16. The van der Waals surface area contributed by atoms with E-state index >= 15 is 0 Å². The molecule has 100 valence electrons. The van der Waals surface area contributed by atoms with Crippen LogP contribution in [0.15, 0.2) is 41.8 Å². The van der Waals surface area contributed by atoms with Crippen LogP contribution in [0.1, 0.15) is 29.1 Å². The zero-order valence-corrected chi connectivity index (χ0v) is 12.1. The number of hydrogen-bond acceptors (Lipinski definition) is 3. The zero-order chi connectivity index (χ0) is 13.9. The van der Waals surface area contributed by atoms with E-state index in [9.17, 15) is 4.79 Å². The molecular weight excluding hydrogens is 258 g/mol. The van der Waals surface area contributed by atoms with Gasteiger partial charge in [0.05, 0.1) is 12.6 Å². The number of nitrogens with one attached hydrogen (secondary N) is 1. The monoisotopic (exact) mass is 275 g/mol. The Morgan fingerprint density at radius 2 is 2.05 bits per heavy atom. The highest BCUT2D eigenvalue weighted by atomic mass is 32.1. The number of hydrogen-bond donors (Lipinski definition) is 1. The topological polar surface area (TPSA) is 38.3 Å². The molecule has 0 saturated carbocycles. The summed E-state index contributed by atoms with van der Waals surface area (Å²) in [5.41, 5.74) is 0.220. The Hall–Kier alpha value is -1.81. The maximum Gasteiger partial charge on any atom is 0.252 e. The molecule has 1 aromatic carbocycles. The van der Waals surface area contributed by atoms with Gasteiger partial charge < -0.3 is 10.1 Å². The smallest absolute Gasteiger partial charge is 0.252 e. The van der Waals surface area contributed by atoms with Crippen molar-refractivity contribution in [3.05, 3.63) is 52.2 Å². The van der Waals surface area contributed by atoms with E-state index in [2.05, 4.69) is 5.32 Å². The summed E-state index contributed by atoms with van der Waals surface area (Å²) in [7, 11) is 1.59. The first-order valence-corrected chi connectivity index (χ1v) is 6.91. The van der Waals surface area contributed by atoms with E-state index in [0.29, 0.717) is 11.3 Å². The lowest BCUT2D eigenvalue weighted by Gasteiger charge is -2.25. The van der Waals surface area contributed by atoms with Gasteiger partial charge in [0.25, 0.3) is 5.91 Å². The van der Waals surface area contributed by atoms with E-state index < -0.39 is 0 Å². The lowest BCUT2D eigenvalue weighted by Crippen LogP contribution is -2.40. The van der Waals surface area contributed by atoms with Crippen LogP contribution in [0.5, 0.6) is 5.75 Å². The predicted molar refractivity (Wildman–Crippen MR) is 77.8 cm³/mol. The maximum atomic E-state index is 12.3. The quantitative estimate of drug-likeness (QED) is 0.928. The SMILES string of the molecule is COc1cccc(C(=O)NC(C)(C)c2cccs2)c1. The minimum atomic E-state index is -0.381. The van der Waals surface area contributed by atoms with E-state index in [4.69, 9.17) is 4.74 Å². The molecule has 4 heteroatoms. The van der Waals surface area contributed by atoms with E-state index in [0.717, 1.165) is 4.88 Å². The second kappa shape index (κ2) is 5.45. The summed E-state index contributed by atoms with van der Waals surface area (Å²) in [6, 6.07) is 11.2. The van der Waals surface area contributed by atoms with Crippen molar-refractivity contribution >= 4 is 17.2 Å². The van der Waals surface area contributed by atoms with Crippen molar-refractivity contribution in [1.82, 2.24) is 5.32 Å². The fourth-order valence-corrected chi connectivity index (χ4v) is 2.62. The van der Waals surface area contributed by atoms with Crippen LogP contribution < -0.4 is 10.1 Å². The molecule has 1 amide bonds. The fraction of sp³-hybridized carbons (Fsp3) is 0.267. The summed E-state index contributed by atoms with van der Waals surface area (Å²) in [4.78, 5) is 13.4. The van der Waals surface area contributed by atoms with E-state index in [1.807, 2.05) is 43.5 Å². The van der Waals surface area contributed by atoms with Crippen LogP contribution >= 0.6 is 11.3 Å². The van der Waals surface area contributed by atoms with Gasteiger partial charge >= 0.3 is 0 Å². The third kappa shape index (κ3) is 3.15. The van der Waals surface area contributed by atoms with Crippen LogP contribution in [-0.4, -0.2) is 13.0 Å². The first-order chi connectivity index (χ1) is 9.03. The van der Waals surface area contributed by atoms with Gasteiger partial charge in [-0.05, 0) is 43.5 Å². The second-order valence-electron chi connectivity index (χ2n) is 4.79. The first-order valence-electron chi connectivity index (χ1n) is 6.03.